The highest BCUT2D eigenvalue weighted by Gasteiger charge is 2.20. The second-order valence-electron chi connectivity index (χ2n) is 3.95. The number of terminal acetylenes is 1. The van der Waals surface area contributed by atoms with Crippen molar-refractivity contribution in [2.75, 3.05) is 6.54 Å². The smallest absolute Gasteiger partial charge is 0.0870 e. The zero-order valence-electron chi connectivity index (χ0n) is 10.2. The Morgan fingerprint density at radius 1 is 1.32 bits per heavy atom. The number of carboxylic acids is 2. The summed E-state index contributed by atoms with van der Waals surface area (Å²) >= 11 is 0. The third kappa shape index (κ3) is 4.45. The van der Waals surface area contributed by atoms with Gasteiger partial charge in [0.25, 0.3) is 0 Å². The molecule has 0 unspecified atom stereocenters. The lowest BCUT2D eigenvalue weighted by molar-refractivity contribution is -0.345. The van der Waals surface area contributed by atoms with E-state index in [-0.39, 0.29) is 0 Å². The first-order valence-corrected chi connectivity index (χ1v) is 5.73. The molecule has 19 heavy (non-hydrogen) atoms. The molecule has 0 spiro atoms. The molecular weight excluding hydrogens is 246 g/mol. The van der Waals surface area contributed by atoms with Crippen LogP contribution in [0.5, 0.6) is 0 Å². The van der Waals surface area contributed by atoms with Gasteiger partial charge < -0.3 is 19.8 Å². The fraction of sp³-hybridized carbons (Fsp3) is 0.286. The Hall–Kier alpha value is -2.32. The van der Waals surface area contributed by atoms with E-state index in [1.807, 2.05) is 0 Å². The first-order valence-electron chi connectivity index (χ1n) is 5.73. The fourth-order valence-electron chi connectivity index (χ4n) is 1.95. The number of benzene rings is 1. The van der Waals surface area contributed by atoms with E-state index < -0.39 is 11.9 Å². The van der Waals surface area contributed by atoms with Crippen LogP contribution in [0.25, 0.3) is 0 Å². The van der Waals surface area contributed by atoms with Crippen LogP contribution in [0.1, 0.15) is 23.6 Å². The zero-order valence-corrected chi connectivity index (χ0v) is 10.2. The Bertz CT molecular complexity index is 492. The van der Waals surface area contributed by atoms with Crippen molar-refractivity contribution in [2.24, 2.45) is 0 Å². The molecule has 1 aromatic rings. The molecule has 0 aromatic heterocycles. The summed E-state index contributed by atoms with van der Waals surface area (Å²) in [5.41, 5.74) is 2.90. The minimum atomic E-state index is -2.19. The quantitative estimate of drug-likeness (QED) is 0.509. The van der Waals surface area contributed by atoms with Crippen molar-refractivity contribution in [3.8, 4) is 12.3 Å². The van der Waals surface area contributed by atoms with Crippen LogP contribution < -0.4 is 15.5 Å². The van der Waals surface area contributed by atoms with Crippen molar-refractivity contribution < 1.29 is 19.8 Å². The molecule has 1 aliphatic carbocycles. The van der Waals surface area contributed by atoms with Gasteiger partial charge >= 0.3 is 0 Å². The molecule has 1 aliphatic rings. The zero-order chi connectivity index (χ0) is 14.3. The number of fused-ring (bicyclic) bond motifs is 1. The lowest BCUT2D eigenvalue weighted by Crippen LogP contribution is -2.42. The van der Waals surface area contributed by atoms with E-state index in [1.54, 1.807) is 0 Å². The van der Waals surface area contributed by atoms with Crippen molar-refractivity contribution in [3.63, 3.8) is 0 Å². The monoisotopic (exact) mass is 259 g/mol. The molecule has 2 rings (SSSR count). The molecular formula is C14H13NO4-2. The highest BCUT2D eigenvalue weighted by Crippen LogP contribution is 2.30. The van der Waals surface area contributed by atoms with Gasteiger partial charge in [-0.15, -0.1) is 6.42 Å². The summed E-state index contributed by atoms with van der Waals surface area (Å²) in [6.07, 6.45) is 7.57. The number of rotatable bonds is 2. The first kappa shape index (κ1) is 14.7. The summed E-state index contributed by atoms with van der Waals surface area (Å²) in [4.78, 5) is 17.9. The van der Waals surface area contributed by atoms with E-state index in [4.69, 9.17) is 26.2 Å². The Morgan fingerprint density at radius 2 is 1.95 bits per heavy atom. The number of aryl methyl sites for hydroxylation is 1. The van der Waals surface area contributed by atoms with E-state index in [0.717, 1.165) is 0 Å². The van der Waals surface area contributed by atoms with Crippen LogP contribution in [0.3, 0.4) is 0 Å². The van der Waals surface area contributed by atoms with Gasteiger partial charge in [0.15, 0.2) is 0 Å². The predicted molar refractivity (Wildman–Crippen MR) is 64.4 cm³/mol. The van der Waals surface area contributed by atoms with Gasteiger partial charge in [0.2, 0.25) is 0 Å². The van der Waals surface area contributed by atoms with Crippen LogP contribution >= 0.6 is 0 Å². The third-order valence-corrected chi connectivity index (χ3v) is 2.75. The SMILES string of the molecule is C#CCN[C@@H]1CCc2ccccc21.O=C([O-])C(=O)[O-]. The van der Waals surface area contributed by atoms with Crippen LogP contribution in [0.15, 0.2) is 24.3 Å². The molecule has 0 fully saturated rings. The standard InChI is InChI=1S/C12H13N.C2H2O4/c1-2-9-13-12-8-7-10-5-3-4-6-11(10)12;3-1(4)2(5)6/h1,3-6,12-13H,7-9H2;(H,3,4)(H,5,6)/p-2/t12-;/m1./s1. The lowest BCUT2D eigenvalue weighted by atomic mass is 10.1. The molecule has 0 saturated heterocycles. The highest BCUT2D eigenvalue weighted by molar-refractivity contribution is 6.25. The lowest BCUT2D eigenvalue weighted by Gasteiger charge is -2.10. The van der Waals surface area contributed by atoms with E-state index >= 15 is 0 Å². The predicted octanol–water partition coefficient (Wildman–Crippen LogP) is -1.62. The number of carbonyl (C=O) groups excluding carboxylic acids is 2. The number of carboxylic acid groups (broad SMARTS) is 2. The van der Waals surface area contributed by atoms with E-state index in [0.29, 0.717) is 12.6 Å². The van der Waals surface area contributed by atoms with Gasteiger partial charge in [-0.1, -0.05) is 30.2 Å². The fourth-order valence-corrected chi connectivity index (χ4v) is 1.95. The van der Waals surface area contributed by atoms with E-state index in [9.17, 15) is 0 Å². The molecule has 0 bridgehead atoms. The van der Waals surface area contributed by atoms with Crippen LogP contribution in [-0.4, -0.2) is 18.5 Å². The highest BCUT2D eigenvalue weighted by atomic mass is 16.4. The van der Waals surface area contributed by atoms with Crippen molar-refractivity contribution in [2.45, 2.75) is 18.9 Å². The Kier molecular flexibility index (Phi) is 5.58. The number of aliphatic carboxylic acids is 2. The average Bonchev–Trinajstić information content (AvgIpc) is 2.80. The third-order valence-electron chi connectivity index (χ3n) is 2.75. The normalized spacial score (nSPS) is 15.6. The molecule has 5 heteroatoms. The summed E-state index contributed by atoms with van der Waals surface area (Å²) in [5.74, 6) is -1.76. The van der Waals surface area contributed by atoms with Crippen LogP contribution in [0.4, 0.5) is 0 Å². The van der Waals surface area contributed by atoms with E-state index in [2.05, 4.69) is 35.5 Å². The molecule has 0 amide bonds. The number of carbonyl (C=O) groups is 2. The van der Waals surface area contributed by atoms with Crippen LogP contribution in [0.2, 0.25) is 0 Å². The molecule has 5 nitrogen and oxygen atoms in total. The summed E-state index contributed by atoms with van der Waals surface area (Å²) in [5, 5.41) is 21.2. The van der Waals surface area contributed by atoms with Gasteiger partial charge in [0, 0.05) is 6.04 Å². The second-order valence-corrected chi connectivity index (χ2v) is 3.95. The maximum absolute atomic E-state index is 8.93. The second kappa shape index (κ2) is 7.19. The van der Waals surface area contributed by atoms with Gasteiger partial charge in [-0.05, 0) is 24.0 Å². The number of hydrogen-bond donors (Lipinski definition) is 1. The first-order chi connectivity index (χ1) is 9.06. The van der Waals surface area contributed by atoms with Crippen LogP contribution in [0, 0.1) is 12.3 Å². The topological polar surface area (TPSA) is 92.3 Å². The van der Waals surface area contributed by atoms with E-state index in [1.165, 1.54) is 24.0 Å². The minimum absolute atomic E-state index is 0.479. The van der Waals surface area contributed by atoms with Crippen molar-refractivity contribution >= 4 is 11.9 Å². The summed E-state index contributed by atoms with van der Waals surface area (Å²) in [7, 11) is 0. The Balaban J connectivity index is 0.000000258. The summed E-state index contributed by atoms with van der Waals surface area (Å²) in [6, 6.07) is 9.06. The molecule has 1 aromatic carbocycles. The van der Waals surface area contributed by atoms with Crippen molar-refractivity contribution in [3.05, 3.63) is 35.4 Å². The van der Waals surface area contributed by atoms with Gasteiger partial charge in [-0.25, -0.2) is 0 Å². The Morgan fingerprint density at radius 3 is 2.53 bits per heavy atom. The molecule has 1 atom stereocenters. The van der Waals surface area contributed by atoms with Gasteiger partial charge in [-0.3, -0.25) is 5.32 Å². The minimum Gasteiger partial charge on any atom is -0.543 e. The summed E-state index contributed by atoms with van der Waals surface area (Å²) in [6.45, 7) is 0.666. The van der Waals surface area contributed by atoms with Gasteiger partial charge in [-0.2, -0.15) is 0 Å². The van der Waals surface area contributed by atoms with Gasteiger partial charge in [0.05, 0.1) is 18.5 Å². The Labute approximate surface area is 111 Å². The maximum atomic E-state index is 8.93. The number of nitrogens with one attached hydrogen (secondary N) is 1. The maximum Gasteiger partial charge on any atom is 0.0870 e. The van der Waals surface area contributed by atoms with Crippen molar-refractivity contribution in [1.29, 1.82) is 0 Å². The average molecular weight is 259 g/mol. The van der Waals surface area contributed by atoms with Gasteiger partial charge in [0.1, 0.15) is 0 Å². The summed E-state index contributed by atoms with van der Waals surface area (Å²) < 4.78 is 0. The van der Waals surface area contributed by atoms with Crippen molar-refractivity contribution in [1.82, 2.24) is 5.32 Å². The molecule has 0 aliphatic heterocycles. The van der Waals surface area contributed by atoms with Crippen LogP contribution in [-0.2, 0) is 16.0 Å². The molecule has 100 valence electrons. The molecule has 0 saturated carbocycles. The molecule has 0 heterocycles. The largest absolute Gasteiger partial charge is 0.543 e. The molecule has 0 radical (unpaired) electrons. The number of hydrogen-bond acceptors (Lipinski definition) is 5. The molecule has 1 N–H and O–H groups in total.